The van der Waals surface area contributed by atoms with Gasteiger partial charge in [0.25, 0.3) is 0 Å². The maximum Gasteiger partial charge on any atom is 0.227 e. The van der Waals surface area contributed by atoms with Crippen LogP contribution >= 0.6 is 23.2 Å². The molecule has 1 aromatic carbocycles. The van der Waals surface area contributed by atoms with Gasteiger partial charge in [-0.2, -0.15) is 0 Å². The van der Waals surface area contributed by atoms with E-state index >= 15 is 0 Å². The first-order valence-corrected chi connectivity index (χ1v) is 7.67. The molecule has 1 fully saturated rings. The monoisotopic (exact) mass is 328 g/mol. The predicted octanol–water partition coefficient (Wildman–Crippen LogP) is 3.12. The molecule has 0 saturated carbocycles. The molecule has 114 valence electrons. The second-order valence-electron chi connectivity index (χ2n) is 5.64. The minimum Gasteiger partial charge on any atom is -0.356 e. The van der Waals surface area contributed by atoms with E-state index in [1.807, 2.05) is 13.8 Å². The highest BCUT2D eigenvalue weighted by Crippen LogP contribution is 2.33. The SMILES string of the molecule is CC(C)CNC(=O)C1CC(=O)N(c2cc(Cl)ccc2Cl)C1. The van der Waals surface area contributed by atoms with Crippen LogP contribution in [0.25, 0.3) is 0 Å². The molecule has 1 saturated heterocycles. The standard InChI is InChI=1S/C15H18Cl2N2O2/c1-9(2)7-18-15(21)10-5-14(20)19(8-10)13-6-11(16)3-4-12(13)17/h3-4,6,9-10H,5,7-8H2,1-2H3,(H,18,21). The Hall–Kier alpha value is -1.26. The van der Waals surface area contributed by atoms with Crippen molar-refractivity contribution in [3.05, 3.63) is 28.2 Å². The zero-order chi connectivity index (χ0) is 15.6. The maximum absolute atomic E-state index is 12.1. The van der Waals surface area contributed by atoms with Crippen LogP contribution in [0.5, 0.6) is 0 Å². The third-order valence-corrected chi connectivity index (χ3v) is 3.93. The molecule has 21 heavy (non-hydrogen) atoms. The van der Waals surface area contributed by atoms with Gasteiger partial charge < -0.3 is 10.2 Å². The lowest BCUT2D eigenvalue weighted by Crippen LogP contribution is -2.35. The normalized spacial score (nSPS) is 18.4. The van der Waals surface area contributed by atoms with Crippen molar-refractivity contribution in [1.82, 2.24) is 5.32 Å². The topological polar surface area (TPSA) is 49.4 Å². The molecule has 0 aliphatic carbocycles. The second kappa shape index (κ2) is 6.67. The van der Waals surface area contributed by atoms with E-state index in [1.54, 1.807) is 18.2 Å². The number of hydrogen-bond donors (Lipinski definition) is 1. The summed E-state index contributed by atoms with van der Waals surface area (Å²) in [5, 5.41) is 3.83. The summed E-state index contributed by atoms with van der Waals surface area (Å²) in [6.07, 6.45) is 0.201. The molecule has 4 nitrogen and oxygen atoms in total. The van der Waals surface area contributed by atoms with Crippen molar-refractivity contribution in [2.45, 2.75) is 20.3 Å². The van der Waals surface area contributed by atoms with E-state index in [-0.39, 0.29) is 24.2 Å². The molecular formula is C15H18Cl2N2O2. The first-order valence-electron chi connectivity index (χ1n) is 6.91. The minimum atomic E-state index is -0.341. The average Bonchev–Trinajstić information content (AvgIpc) is 2.81. The van der Waals surface area contributed by atoms with Gasteiger partial charge in [0.2, 0.25) is 11.8 Å². The molecule has 1 aliphatic heterocycles. The highest BCUT2D eigenvalue weighted by molar-refractivity contribution is 6.35. The molecule has 6 heteroatoms. The van der Waals surface area contributed by atoms with Crippen LogP contribution in [-0.2, 0) is 9.59 Å². The number of halogens is 2. The van der Waals surface area contributed by atoms with Crippen LogP contribution in [0.15, 0.2) is 18.2 Å². The van der Waals surface area contributed by atoms with Gasteiger partial charge in [-0.05, 0) is 24.1 Å². The molecule has 1 aliphatic rings. The number of carbonyl (C=O) groups excluding carboxylic acids is 2. The summed E-state index contributed by atoms with van der Waals surface area (Å²) in [6.45, 7) is 5.00. The molecule has 1 atom stereocenters. The van der Waals surface area contributed by atoms with E-state index in [0.717, 1.165) is 0 Å². The van der Waals surface area contributed by atoms with Crippen LogP contribution in [0.4, 0.5) is 5.69 Å². The number of nitrogens with one attached hydrogen (secondary N) is 1. The van der Waals surface area contributed by atoms with Gasteiger partial charge in [0, 0.05) is 24.5 Å². The molecule has 1 unspecified atom stereocenters. The lowest BCUT2D eigenvalue weighted by molar-refractivity contribution is -0.126. The first kappa shape index (κ1) is 16.1. The van der Waals surface area contributed by atoms with Crippen molar-refractivity contribution < 1.29 is 9.59 Å². The third kappa shape index (κ3) is 3.89. The molecule has 0 spiro atoms. The van der Waals surface area contributed by atoms with Gasteiger partial charge in [0.05, 0.1) is 16.6 Å². The summed E-state index contributed by atoms with van der Waals surface area (Å²) in [7, 11) is 0. The molecule has 0 aromatic heterocycles. The van der Waals surface area contributed by atoms with Crippen LogP contribution in [0.3, 0.4) is 0 Å². The van der Waals surface area contributed by atoms with Crippen LogP contribution in [0, 0.1) is 11.8 Å². The number of hydrogen-bond acceptors (Lipinski definition) is 2. The van der Waals surface area contributed by atoms with E-state index in [9.17, 15) is 9.59 Å². The van der Waals surface area contributed by atoms with E-state index < -0.39 is 0 Å². The Bertz CT molecular complexity index is 561. The van der Waals surface area contributed by atoms with Crippen LogP contribution in [0.2, 0.25) is 10.0 Å². The third-order valence-electron chi connectivity index (χ3n) is 3.38. The maximum atomic E-state index is 12.1. The first-order chi connectivity index (χ1) is 9.88. The molecule has 0 radical (unpaired) electrons. The summed E-state index contributed by atoms with van der Waals surface area (Å²) in [4.78, 5) is 25.7. The highest BCUT2D eigenvalue weighted by Gasteiger charge is 2.35. The summed E-state index contributed by atoms with van der Waals surface area (Å²) < 4.78 is 0. The molecule has 1 N–H and O–H groups in total. The second-order valence-corrected chi connectivity index (χ2v) is 6.48. The van der Waals surface area contributed by atoms with Crippen LogP contribution in [0.1, 0.15) is 20.3 Å². The van der Waals surface area contributed by atoms with Gasteiger partial charge in [-0.1, -0.05) is 37.0 Å². The quantitative estimate of drug-likeness (QED) is 0.923. The van der Waals surface area contributed by atoms with E-state index in [1.165, 1.54) is 4.90 Å². The number of anilines is 1. The Morgan fingerprint density at radius 1 is 1.43 bits per heavy atom. The lowest BCUT2D eigenvalue weighted by atomic mass is 10.1. The fourth-order valence-electron chi connectivity index (χ4n) is 2.26. The molecule has 2 amide bonds. The molecule has 1 heterocycles. The van der Waals surface area contributed by atoms with Gasteiger partial charge in [0.15, 0.2) is 0 Å². The number of amides is 2. The Morgan fingerprint density at radius 2 is 2.14 bits per heavy atom. The van der Waals surface area contributed by atoms with Crippen molar-refractivity contribution in [2.75, 3.05) is 18.0 Å². The predicted molar refractivity (Wildman–Crippen MR) is 84.8 cm³/mol. The van der Waals surface area contributed by atoms with Gasteiger partial charge in [-0.3, -0.25) is 9.59 Å². The minimum absolute atomic E-state index is 0.0855. The van der Waals surface area contributed by atoms with Gasteiger partial charge in [-0.25, -0.2) is 0 Å². The number of nitrogens with zero attached hydrogens (tertiary/aromatic N) is 1. The highest BCUT2D eigenvalue weighted by atomic mass is 35.5. The van der Waals surface area contributed by atoms with Gasteiger partial charge in [-0.15, -0.1) is 0 Å². The summed E-state index contributed by atoms with van der Waals surface area (Å²) >= 11 is 12.1. The average molecular weight is 329 g/mol. The van der Waals surface area contributed by atoms with E-state index in [2.05, 4.69) is 5.32 Å². The number of benzene rings is 1. The lowest BCUT2D eigenvalue weighted by Gasteiger charge is -2.18. The Kier molecular flexibility index (Phi) is 5.12. The van der Waals surface area contributed by atoms with Crippen molar-refractivity contribution in [3.63, 3.8) is 0 Å². The van der Waals surface area contributed by atoms with Gasteiger partial charge in [0.1, 0.15) is 0 Å². The summed E-state index contributed by atoms with van der Waals surface area (Å²) in [5.74, 6) is -0.155. The molecule has 1 aromatic rings. The van der Waals surface area contributed by atoms with Crippen molar-refractivity contribution in [3.8, 4) is 0 Å². The number of rotatable bonds is 4. The molecule has 0 bridgehead atoms. The smallest absolute Gasteiger partial charge is 0.227 e. The summed E-state index contributed by atoms with van der Waals surface area (Å²) in [5.41, 5.74) is 0.563. The zero-order valence-corrected chi connectivity index (χ0v) is 13.5. The van der Waals surface area contributed by atoms with Crippen LogP contribution < -0.4 is 10.2 Å². The Morgan fingerprint density at radius 3 is 2.81 bits per heavy atom. The van der Waals surface area contributed by atoms with Crippen molar-refractivity contribution in [1.29, 1.82) is 0 Å². The van der Waals surface area contributed by atoms with Crippen LogP contribution in [-0.4, -0.2) is 24.9 Å². The Balaban J connectivity index is 2.09. The fourth-order valence-corrected chi connectivity index (χ4v) is 2.64. The molecular weight excluding hydrogens is 311 g/mol. The number of carbonyl (C=O) groups is 2. The summed E-state index contributed by atoms with van der Waals surface area (Å²) in [6, 6.07) is 4.97. The Labute approximate surface area is 134 Å². The van der Waals surface area contributed by atoms with Crippen molar-refractivity contribution >= 4 is 40.7 Å². The van der Waals surface area contributed by atoms with Gasteiger partial charge >= 0.3 is 0 Å². The fraction of sp³-hybridized carbons (Fsp3) is 0.467. The van der Waals surface area contributed by atoms with Crippen molar-refractivity contribution in [2.24, 2.45) is 11.8 Å². The molecule has 2 rings (SSSR count). The van der Waals surface area contributed by atoms with E-state index in [0.29, 0.717) is 34.7 Å². The zero-order valence-electron chi connectivity index (χ0n) is 12.0. The van der Waals surface area contributed by atoms with E-state index in [4.69, 9.17) is 23.2 Å². The largest absolute Gasteiger partial charge is 0.356 e.